The van der Waals surface area contributed by atoms with E-state index in [2.05, 4.69) is 18.2 Å². The summed E-state index contributed by atoms with van der Waals surface area (Å²) in [4.78, 5) is 13.0. The minimum atomic E-state index is -0.0274. The number of allylic oxidation sites excluding steroid dienone is 2. The zero-order chi connectivity index (χ0) is 20.9. The molecule has 0 saturated carbocycles. The van der Waals surface area contributed by atoms with Gasteiger partial charge in [-0.25, -0.2) is 0 Å². The molecule has 0 amide bonds. The van der Waals surface area contributed by atoms with Gasteiger partial charge in [-0.3, -0.25) is 4.79 Å². The predicted octanol–water partition coefficient (Wildman–Crippen LogP) is 6.55. The molecule has 3 heteroatoms. The standard InChI is InChI=1S/C27H24O3/c1-19(2)17-18-29-24-16-15-23-26(28)21-12-6-7-14-25(21)30-27(23)22(24)13-8-11-20-9-4-3-5-10-20/h3-10,12-17H,11,18H2,1-2H3. The molecule has 0 bridgehead atoms. The van der Waals surface area contributed by atoms with Crippen LogP contribution in [0.5, 0.6) is 5.75 Å². The molecule has 0 aliphatic rings. The summed E-state index contributed by atoms with van der Waals surface area (Å²) in [6.45, 7) is 4.54. The lowest BCUT2D eigenvalue weighted by atomic mass is 10.1. The van der Waals surface area contributed by atoms with E-state index in [-0.39, 0.29) is 5.43 Å². The van der Waals surface area contributed by atoms with Crippen LogP contribution >= 0.6 is 0 Å². The molecule has 0 N–H and O–H groups in total. The molecule has 0 unspecified atom stereocenters. The molecule has 4 rings (SSSR count). The Morgan fingerprint density at radius 1 is 0.933 bits per heavy atom. The Kier molecular flexibility index (Phi) is 5.80. The van der Waals surface area contributed by atoms with Gasteiger partial charge in [0.1, 0.15) is 23.5 Å². The van der Waals surface area contributed by atoms with Gasteiger partial charge >= 0.3 is 0 Å². The van der Waals surface area contributed by atoms with Crippen LogP contribution < -0.4 is 10.2 Å². The monoisotopic (exact) mass is 396 g/mol. The summed E-state index contributed by atoms with van der Waals surface area (Å²) in [6, 6.07) is 21.2. The maximum absolute atomic E-state index is 13.0. The summed E-state index contributed by atoms with van der Waals surface area (Å²) >= 11 is 0. The Balaban J connectivity index is 1.83. The molecule has 0 atom stereocenters. The van der Waals surface area contributed by atoms with Crippen molar-refractivity contribution in [3.05, 3.63) is 106 Å². The summed E-state index contributed by atoms with van der Waals surface area (Å²) in [7, 11) is 0. The molecule has 3 aromatic carbocycles. The number of hydrogen-bond donors (Lipinski definition) is 0. The van der Waals surface area contributed by atoms with Crippen LogP contribution in [0.25, 0.3) is 28.0 Å². The Hall–Kier alpha value is -3.59. The average molecular weight is 396 g/mol. The highest BCUT2D eigenvalue weighted by atomic mass is 16.5. The highest BCUT2D eigenvalue weighted by molar-refractivity contribution is 5.95. The summed E-state index contributed by atoms with van der Waals surface area (Å²) < 4.78 is 12.2. The predicted molar refractivity (Wildman–Crippen MR) is 124 cm³/mol. The molecule has 4 aromatic rings. The van der Waals surface area contributed by atoms with Crippen molar-refractivity contribution in [2.75, 3.05) is 6.61 Å². The molecule has 3 nitrogen and oxygen atoms in total. The molecule has 0 radical (unpaired) electrons. The van der Waals surface area contributed by atoms with Gasteiger partial charge in [-0.05, 0) is 56.2 Å². The van der Waals surface area contributed by atoms with Gasteiger partial charge in [0.05, 0.1) is 16.3 Å². The van der Waals surface area contributed by atoms with E-state index in [0.717, 1.165) is 12.0 Å². The van der Waals surface area contributed by atoms with Crippen LogP contribution in [0.2, 0.25) is 0 Å². The first-order valence-corrected chi connectivity index (χ1v) is 10.1. The van der Waals surface area contributed by atoms with E-state index in [1.54, 1.807) is 12.1 Å². The Morgan fingerprint density at radius 3 is 2.50 bits per heavy atom. The fourth-order valence-electron chi connectivity index (χ4n) is 3.38. The van der Waals surface area contributed by atoms with E-state index < -0.39 is 0 Å². The van der Waals surface area contributed by atoms with E-state index >= 15 is 0 Å². The van der Waals surface area contributed by atoms with Crippen molar-refractivity contribution in [2.24, 2.45) is 0 Å². The van der Waals surface area contributed by atoms with Crippen molar-refractivity contribution in [3.8, 4) is 5.75 Å². The first kappa shape index (κ1) is 19.7. The lowest BCUT2D eigenvalue weighted by Crippen LogP contribution is -2.04. The van der Waals surface area contributed by atoms with E-state index in [1.165, 1.54) is 11.1 Å². The second kappa shape index (κ2) is 8.83. The maximum Gasteiger partial charge on any atom is 0.200 e. The zero-order valence-electron chi connectivity index (χ0n) is 17.2. The quantitative estimate of drug-likeness (QED) is 0.274. The fourth-order valence-corrected chi connectivity index (χ4v) is 3.38. The van der Waals surface area contributed by atoms with E-state index in [4.69, 9.17) is 9.15 Å². The Labute approximate surface area is 175 Å². The highest BCUT2D eigenvalue weighted by Crippen LogP contribution is 2.30. The third-order valence-corrected chi connectivity index (χ3v) is 4.96. The largest absolute Gasteiger partial charge is 0.489 e. The molecule has 1 heterocycles. The normalized spacial score (nSPS) is 11.3. The highest BCUT2D eigenvalue weighted by Gasteiger charge is 2.14. The Bertz CT molecular complexity index is 1290. The second-order valence-electron chi connectivity index (χ2n) is 7.47. The zero-order valence-corrected chi connectivity index (χ0v) is 17.2. The molecule has 1 aromatic heterocycles. The van der Waals surface area contributed by atoms with Crippen LogP contribution in [0, 0.1) is 0 Å². The van der Waals surface area contributed by atoms with E-state index in [0.29, 0.717) is 34.3 Å². The van der Waals surface area contributed by atoms with Crippen molar-refractivity contribution in [1.82, 2.24) is 0 Å². The molecule has 0 aliphatic carbocycles. The third kappa shape index (κ3) is 4.20. The van der Waals surface area contributed by atoms with Gasteiger partial charge in [0.25, 0.3) is 0 Å². The van der Waals surface area contributed by atoms with E-state index in [1.807, 2.05) is 68.5 Å². The van der Waals surface area contributed by atoms with Gasteiger partial charge in [0.15, 0.2) is 0 Å². The summed E-state index contributed by atoms with van der Waals surface area (Å²) in [5, 5.41) is 1.14. The van der Waals surface area contributed by atoms with E-state index in [9.17, 15) is 4.79 Å². The lowest BCUT2D eigenvalue weighted by molar-refractivity contribution is 0.361. The number of hydrogen-bond acceptors (Lipinski definition) is 3. The second-order valence-corrected chi connectivity index (χ2v) is 7.47. The minimum Gasteiger partial charge on any atom is -0.489 e. The molecular weight excluding hydrogens is 372 g/mol. The maximum atomic E-state index is 13.0. The van der Waals surface area contributed by atoms with Crippen molar-refractivity contribution in [2.45, 2.75) is 20.3 Å². The number of para-hydroxylation sites is 1. The molecule has 0 spiro atoms. The fraction of sp³-hybridized carbons (Fsp3) is 0.148. The molecule has 0 aliphatic heterocycles. The van der Waals surface area contributed by atoms with Crippen LogP contribution in [0.1, 0.15) is 25.0 Å². The molecule has 0 fully saturated rings. The Morgan fingerprint density at radius 2 is 1.70 bits per heavy atom. The molecular formula is C27H24O3. The van der Waals surface area contributed by atoms with Crippen LogP contribution in [0.3, 0.4) is 0 Å². The SMILES string of the molecule is CC(C)=CCOc1ccc2c(=O)c3ccccc3oc2c1C=CCc1ccccc1. The van der Waals surface area contributed by atoms with Crippen LogP contribution in [-0.4, -0.2) is 6.61 Å². The molecule has 30 heavy (non-hydrogen) atoms. The first-order chi connectivity index (χ1) is 14.6. The third-order valence-electron chi connectivity index (χ3n) is 4.96. The van der Waals surface area contributed by atoms with Crippen LogP contribution in [-0.2, 0) is 6.42 Å². The van der Waals surface area contributed by atoms with Crippen LogP contribution in [0.4, 0.5) is 0 Å². The van der Waals surface area contributed by atoms with Crippen molar-refractivity contribution >= 4 is 28.0 Å². The number of benzene rings is 3. The van der Waals surface area contributed by atoms with Crippen LogP contribution in [0.15, 0.2) is 93.7 Å². The number of fused-ring (bicyclic) bond motifs is 2. The van der Waals surface area contributed by atoms with Crippen molar-refractivity contribution < 1.29 is 9.15 Å². The number of rotatable bonds is 6. The summed E-state index contributed by atoms with van der Waals surface area (Å²) in [5.74, 6) is 0.697. The minimum absolute atomic E-state index is 0.0274. The lowest BCUT2D eigenvalue weighted by Gasteiger charge is -2.11. The molecule has 0 saturated heterocycles. The first-order valence-electron chi connectivity index (χ1n) is 10.1. The van der Waals surface area contributed by atoms with Gasteiger partial charge in [-0.1, -0.05) is 60.2 Å². The summed E-state index contributed by atoms with van der Waals surface area (Å²) in [5.41, 5.74) is 4.29. The van der Waals surface area contributed by atoms with Crippen molar-refractivity contribution in [3.63, 3.8) is 0 Å². The topological polar surface area (TPSA) is 39.4 Å². The number of ether oxygens (including phenoxy) is 1. The molecule has 150 valence electrons. The van der Waals surface area contributed by atoms with Gasteiger partial charge in [0, 0.05) is 0 Å². The van der Waals surface area contributed by atoms with Gasteiger partial charge in [-0.2, -0.15) is 0 Å². The summed E-state index contributed by atoms with van der Waals surface area (Å²) in [6.07, 6.45) is 6.87. The smallest absolute Gasteiger partial charge is 0.200 e. The van der Waals surface area contributed by atoms with Crippen molar-refractivity contribution in [1.29, 1.82) is 0 Å². The van der Waals surface area contributed by atoms with Gasteiger partial charge in [-0.15, -0.1) is 0 Å². The van der Waals surface area contributed by atoms with Gasteiger partial charge < -0.3 is 9.15 Å². The van der Waals surface area contributed by atoms with Gasteiger partial charge in [0.2, 0.25) is 5.43 Å². The average Bonchev–Trinajstić information content (AvgIpc) is 2.75.